The minimum Gasteiger partial charge on any atom is -0.482 e. The predicted molar refractivity (Wildman–Crippen MR) is 90.5 cm³/mol. The van der Waals surface area contributed by atoms with Crippen molar-refractivity contribution in [3.63, 3.8) is 0 Å². The molecule has 0 aliphatic carbocycles. The van der Waals surface area contributed by atoms with Crippen LogP contribution in [0.1, 0.15) is 12.5 Å². The summed E-state index contributed by atoms with van der Waals surface area (Å²) in [5.41, 5.74) is 0.784. The number of nitrogens with zero attached hydrogens (tertiary/aromatic N) is 1. The molecule has 0 radical (unpaired) electrons. The number of hydrogen-bond acceptors (Lipinski definition) is 4. The third-order valence-electron chi connectivity index (χ3n) is 4.03. The quantitative estimate of drug-likeness (QED) is 0.816. The van der Waals surface area contributed by atoms with Crippen LogP contribution in [0.5, 0.6) is 17.2 Å². The molecule has 0 saturated carbocycles. The zero-order chi connectivity index (χ0) is 18.7. The number of likely N-dealkylation sites (N-methyl/N-ethyl adjacent to an activating group) is 1. The molecule has 0 spiro atoms. The van der Waals surface area contributed by atoms with Crippen LogP contribution in [0, 0.1) is 0 Å². The van der Waals surface area contributed by atoms with Crippen LogP contribution in [0.2, 0.25) is 0 Å². The smallest absolute Gasteiger partial charge is 0.387 e. The highest BCUT2D eigenvalue weighted by molar-refractivity contribution is 5.82. The molecule has 0 N–H and O–H groups in total. The van der Waals surface area contributed by atoms with Gasteiger partial charge in [0.05, 0.1) is 0 Å². The fourth-order valence-corrected chi connectivity index (χ4v) is 2.74. The van der Waals surface area contributed by atoms with Gasteiger partial charge in [0.25, 0.3) is 5.91 Å². The second-order valence-electron chi connectivity index (χ2n) is 6.02. The Labute approximate surface area is 150 Å². The number of ether oxygens (including phenoxy) is 3. The van der Waals surface area contributed by atoms with Crippen LogP contribution < -0.4 is 14.2 Å². The van der Waals surface area contributed by atoms with E-state index in [1.165, 1.54) is 17.0 Å². The minimum absolute atomic E-state index is 0.0759. The van der Waals surface area contributed by atoms with Crippen molar-refractivity contribution in [2.75, 3.05) is 7.05 Å². The molecule has 138 valence electrons. The minimum atomic E-state index is -2.86. The summed E-state index contributed by atoms with van der Waals surface area (Å²) in [6, 6.07) is 13.4. The van der Waals surface area contributed by atoms with Gasteiger partial charge in [-0.1, -0.05) is 24.3 Å². The van der Waals surface area contributed by atoms with Crippen LogP contribution in [0.25, 0.3) is 0 Å². The van der Waals surface area contributed by atoms with Gasteiger partial charge in [0, 0.05) is 13.6 Å². The summed E-state index contributed by atoms with van der Waals surface area (Å²) in [4.78, 5) is 14.2. The highest BCUT2D eigenvalue weighted by Crippen LogP contribution is 2.33. The normalized spacial score (nSPS) is 18.5. The molecule has 0 bridgehead atoms. The maximum atomic E-state index is 12.7. The maximum Gasteiger partial charge on any atom is 0.387 e. The largest absolute Gasteiger partial charge is 0.482 e. The van der Waals surface area contributed by atoms with E-state index in [0.717, 1.165) is 5.56 Å². The Bertz CT molecular complexity index is 766. The Morgan fingerprint density at radius 3 is 2.35 bits per heavy atom. The zero-order valence-corrected chi connectivity index (χ0v) is 14.4. The molecule has 7 heteroatoms. The van der Waals surface area contributed by atoms with Crippen molar-refractivity contribution >= 4 is 5.91 Å². The lowest BCUT2D eigenvalue weighted by Crippen LogP contribution is -2.49. The molecule has 3 rings (SSSR count). The second-order valence-corrected chi connectivity index (χ2v) is 6.02. The second kappa shape index (κ2) is 7.59. The molecule has 1 heterocycles. The van der Waals surface area contributed by atoms with Gasteiger partial charge >= 0.3 is 6.61 Å². The number of rotatable bonds is 5. The molecule has 1 aliphatic rings. The van der Waals surface area contributed by atoms with E-state index in [2.05, 4.69) is 4.74 Å². The number of carbonyl (C=O) groups is 1. The summed E-state index contributed by atoms with van der Waals surface area (Å²) in [5.74, 6) is 0.999. The van der Waals surface area contributed by atoms with E-state index in [1.807, 2.05) is 12.1 Å². The first-order valence-electron chi connectivity index (χ1n) is 8.15. The Hall–Kier alpha value is -2.83. The van der Waals surface area contributed by atoms with Crippen LogP contribution in [0.15, 0.2) is 48.5 Å². The number of amides is 1. The average Bonchev–Trinajstić information content (AvgIpc) is 2.61. The molecule has 0 unspecified atom stereocenters. The Kier molecular flexibility index (Phi) is 5.25. The van der Waals surface area contributed by atoms with E-state index >= 15 is 0 Å². The first-order chi connectivity index (χ1) is 12.4. The predicted octanol–water partition coefficient (Wildman–Crippen LogP) is 3.47. The van der Waals surface area contributed by atoms with Crippen molar-refractivity contribution in [1.29, 1.82) is 0 Å². The summed E-state index contributed by atoms with van der Waals surface area (Å²) in [6.07, 6.45) is -1.18. The van der Waals surface area contributed by atoms with Crippen LogP contribution in [0.3, 0.4) is 0 Å². The molecule has 0 aromatic heterocycles. The van der Waals surface area contributed by atoms with E-state index < -0.39 is 18.8 Å². The third kappa shape index (κ3) is 4.04. The lowest BCUT2D eigenvalue weighted by molar-refractivity contribution is -0.143. The highest BCUT2D eigenvalue weighted by Gasteiger charge is 2.35. The topological polar surface area (TPSA) is 48.0 Å². The standard InChI is InChI=1S/C19H19F2NO4/c1-12-17(26-16-6-4-3-5-15(16)24-12)18(23)22(2)11-13-7-9-14(10-8-13)25-19(20)21/h3-10,12,17,19H,11H2,1-2H3/t12-,17-/m1/s1. The lowest BCUT2D eigenvalue weighted by Gasteiger charge is -2.33. The molecular weight excluding hydrogens is 344 g/mol. The summed E-state index contributed by atoms with van der Waals surface area (Å²) in [6.45, 7) is -0.775. The molecule has 0 fully saturated rings. The molecule has 2 atom stereocenters. The SMILES string of the molecule is C[C@H]1Oc2ccccc2O[C@H]1C(=O)N(C)Cc1ccc(OC(F)F)cc1. The number of carbonyl (C=O) groups excluding carboxylic acids is 1. The van der Waals surface area contributed by atoms with Gasteiger partial charge in [-0.15, -0.1) is 0 Å². The fourth-order valence-electron chi connectivity index (χ4n) is 2.74. The van der Waals surface area contributed by atoms with Crippen LogP contribution >= 0.6 is 0 Å². The van der Waals surface area contributed by atoms with Crippen LogP contribution in [0.4, 0.5) is 8.78 Å². The summed E-state index contributed by atoms with van der Waals surface area (Å²) in [7, 11) is 1.66. The fraction of sp³-hybridized carbons (Fsp3) is 0.316. The van der Waals surface area contributed by atoms with E-state index in [9.17, 15) is 13.6 Å². The van der Waals surface area contributed by atoms with Crippen molar-refractivity contribution in [2.45, 2.75) is 32.3 Å². The molecule has 0 saturated heterocycles. The van der Waals surface area contributed by atoms with Crippen LogP contribution in [-0.2, 0) is 11.3 Å². The van der Waals surface area contributed by atoms with Crippen molar-refractivity contribution < 1.29 is 27.8 Å². The first kappa shape index (κ1) is 18.0. The first-order valence-corrected chi connectivity index (χ1v) is 8.15. The van der Waals surface area contributed by atoms with Gasteiger partial charge < -0.3 is 19.1 Å². The third-order valence-corrected chi connectivity index (χ3v) is 4.03. The zero-order valence-electron chi connectivity index (χ0n) is 14.4. The summed E-state index contributed by atoms with van der Waals surface area (Å²) < 4.78 is 40.2. The number of alkyl halides is 2. The van der Waals surface area contributed by atoms with Gasteiger partial charge in [0.15, 0.2) is 11.5 Å². The van der Waals surface area contributed by atoms with Gasteiger partial charge in [-0.2, -0.15) is 8.78 Å². The summed E-state index contributed by atoms with van der Waals surface area (Å²) in [5, 5.41) is 0. The summed E-state index contributed by atoms with van der Waals surface area (Å²) >= 11 is 0. The average molecular weight is 363 g/mol. The van der Waals surface area contributed by atoms with Gasteiger partial charge in [0.2, 0.25) is 6.10 Å². The number of halogens is 2. The van der Waals surface area contributed by atoms with Crippen LogP contribution in [-0.4, -0.2) is 36.7 Å². The Morgan fingerprint density at radius 1 is 1.12 bits per heavy atom. The Balaban J connectivity index is 1.64. The molecule has 26 heavy (non-hydrogen) atoms. The van der Waals surface area contributed by atoms with Gasteiger partial charge in [-0.05, 0) is 36.8 Å². The van der Waals surface area contributed by atoms with Gasteiger partial charge in [0.1, 0.15) is 11.9 Å². The number of para-hydroxylation sites is 2. The Morgan fingerprint density at radius 2 is 1.73 bits per heavy atom. The van der Waals surface area contributed by atoms with Gasteiger partial charge in [-0.3, -0.25) is 4.79 Å². The molecule has 1 aliphatic heterocycles. The van der Waals surface area contributed by atoms with Crippen molar-refractivity contribution in [3.05, 3.63) is 54.1 Å². The van der Waals surface area contributed by atoms with Crippen molar-refractivity contribution in [3.8, 4) is 17.2 Å². The van der Waals surface area contributed by atoms with E-state index in [0.29, 0.717) is 18.0 Å². The molecule has 2 aromatic carbocycles. The highest BCUT2D eigenvalue weighted by atomic mass is 19.3. The van der Waals surface area contributed by atoms with Crippen molar-refractivity contribution in [2.24, 2.45) is 0 Å². The van der Waals surface area contributed by atoms with Gasteiger partial charge in [-0.25, -0.2) is 0 Å². The van der Waals surface area contributed by atoms with E-state index in [-0.39, 0.29) is 11.7 Å². The molecule has 2 aromatic rings. The maximum absolute atomic E-state index is 12.7. The number of fused-ring (bicyclic) bond motifs is 1. The molecule has 5 nitrogen and oxygen atoms in total. The van der Waals surface area contributed by atoms with Crippen molar-refractivity contribution in [1.82, 2.24) is 4.90 Å². The van der Waals surface area contributed by atoms with E-state index in [4.69, 9.17) is 9.47 Å². The lowest BCUT2D eigenvalue weighted by atomic mass is 10.1. The molecule has 1 amide bonds. The monoisotopic (exact) mass is 363 g/mol. The number of hydrogen-bond donors (Lipinski definition) is 0. The van der Waals surface area contributed by atoms with E-state index in [1.54, 1.807) is 38.2 Å². The molecular formula is C19H19F2NO4. The number of benzene rings is 2.